The normalized spacial score (nSPS) is 14.7. The molecule has 0 radical (unpaired) electrons. The molecule has 9 nitrogen and oxygen atoms in total. The van der Waals surface area contributed by atoms with Crippen molar-refractivity contribution in [3.05, 3.63) is 51.3 Å². The molecule has 4 aromatic rings. The van der Waals surface area contributed by atoms with Crippen molar-refractivity contribution >= 4 is 63.7 Å². The summed E-state index contributed by atoms with van der Waals surface area (Å²) in [5.74, 6) is 1.21. The third-order valence-electron chi connectivity index (χ3n) is 7.42. The molecular weight excluding hydrogens is 585 g/mol. The van der Waals surface area contributed by atoms with Crippen molar-refractivity contribution in [3.63, 3.8) is 0 Å². The van der Waals surface area contributed by atoms with E-state index in [9.17, 15) is 4.79 Å². The number of esters is 1. The molecule has 1 aliphatic rings. The van der Waals surface area contributed by atoms with Crippen molar-refractivity contribution in [2.75, 3.05) is 25.2 Å². The van der Waals surface area contributed by atoms with E-state index in [-0.39, 0.29) is 5.97 Å². The third-order valence-corrected chi connectivity index (χ3v) is 11.5. The molecule has 0 N–H and O–H groups in total. The second kappa shape index (κ2) is 13.1. The molecule has 0 unspecified atom stereocenters. The lowest BCUT2D eigenvalue weighted by Gasteiger charge is -2.16. The molecule has 0 bridgehead atoms. The fraction of sp³-hybridized carbons (Fsp3) is 0.500. The average Bonchev–Trinajstić information content (AvgIpc) is 3.70. The van der Waals surface area contributed by atoms with E-state index in [1.54, 1.807) is 22.7 Å². The number of benzene rings is 1. The van der Waals surface area contributed by atoms with Gasteiger partial charge >= 0.3 is 5.97 Å². The van der Waals surface area contributed by atoms with Crippen LogP contribution in [0.1, 0.15) is 59.5 Å². The highest BCUT2D eigenvalue weighted by Gasteiger charge is 2.29. The maximum Gasteiger partial charge on any atom is 0.358 e. The first-order chi connectivity index (χ1) is 20.1. The van der Waals surface area contributed by atoms with Crippen LogP contribution in [0.5, 0.6) is 0 Å². The maximum absolute atomic E-state index is 12.7. The molecule has 1 saturated carbocycles. The Morgan fingerprint density at radius 2 is 1.93 bits per heavy atom. The third kappa shape index (κ3) is 6.99. The number of fused-ring (bicyclic) bond motifs is 1. The van der Waals surface area contributed by atoms with Crippen LogP contribution in [0.25, 0.3) is 10.2 Å². The number of hydrogen-bond donors (Lipinski definition) is 0. The molecule has 224 valence electrons. The lowest BCUT2D eigenvalue weighted by molar-refractivity contribution is 0.0518. The summed E-state index contributed by atoms with van der Waals surface area (Å²) in [4.78, 5) is 26.1. The fourth-order valence-electron chi connectivity index (χ4n) is 4.97. The van der Waals surface area contributed by atoms with Crippen molar-refractivity contribution in [1.82, 2.24) is 19.7 Å². The van der Waals surface area contributed by atoms with Gasteiger partial charge in [0.05, 0.1) is 16.8 Å². The monoisotopic (exact) mass is 624 g/mol. The zero-order valence-electron chi connectivity index (χ0n) is 25.3. The van der Waals surface area contributed by atoms with E-state index in [4.69, 9.17) is 19.5 Å². The highest BCUT2D eigenvalue weighted by molar-refractivity contribution is 7.16. The number of aromatic nitrogens is 4. The number of carbonyl (C=O) groups excluding carboxylic acids is 1. The van der Waals surface area contributed by atoms with Crippen molar-refractivity contribution < 1.29 is 14.3 Å². The minimum absolute atomic E-state index is 0.325. The van der Waals surface area contributed by atoms with Crippen LogP contribution in [0, 0.1) is 6.92 Å². The number of anilines is 2. The van der Waals surface area contributed by atoms with Gasteiger partial charge in [0.2, 0.25) is 0 Å². The van der Waals surface area contributed by atoms with Crippen molar-refractivity contribution in [1.29, 1.82) is 0 Å². The van der Waals surface area contributed by atoms with Gasteiger partial charge in [-0.25, -0.2) is 9.78 Å². The SMILES string of the molecule is CCOC(=O)c1nc(N(C)c2cc(C)c(/N=c3\sc4ccccc4n3COCC[Si](C)(C)C)nn2)sc1C1CCCC1. The lowest BCUT2D eigenvalue weighted by atomic mass is 10.1. The van der Waals surface area contributed by atoms with Crippen LogP contribution in [-0.2, 0) is 16.2 Å². The van der Waals surface area contributed by atoms with Gasteiger partial charge in [0.1, 0.15) is 6.73 Å². The van der Waals surface area contributed by atoms with Gasteiger partial charge in [-0.2, -0.15) is 4.99 Å². The van der Waals surface area contributed by atoms with Gasteiger partial charge in [-0.05, 0) is 62.4 Å². The van der Waals surface area contributed by atoms with Gasteiger partial charge in [-0.3, -0.25) is 4.57 Å². The van der Waals surface area contributed by atoms with Crippen LogP contribution in [-0.4, -0.2) is 54.1 Å². The lowest BCUT2D eigenvalue weighted by Crippen LogP contribution is -2.23. The van der Waals surface area contributed by atoms with Gasteiger partial charge < -0.3 is 14.4 Å². The first kappa shape index (κ1) is 30.5. The number of thiazole rings is 2. The summed E-state index contributed by atoms with van der Waals surface area (Å²) >= 11 is 3.17. The maximum atomic E-state index is 12.7. The number of para-hydroxylation sites is 1. The van der Waals surface area contributed by atoms with Crippen molar-refractivity contribution in [2.24, 2.45) is 4.99 Å². The average molecular weight is 625 g/mol. The van der Waals surface area contributed by atoms with Crippen molar-refractivity contribution in [2.45, 2.75) is 77.9 Å². The van der Waals surface area contributed by atoms with Gasteiger partial charge in [-0.1, -0.05) is 56.0 Å². The highest BCUT2D eigenvalue weighted by Crippen LogP contribution is 2.42. The molecule has 0 atom stereocenters. The molecule has 3 aromatic heterocycles. The van der Waals surface area contributed by atoms with Crippen LogP contribution in [0.3, 0.4) is 0 Å². The highest BCUT2D eigenvalue weighted by atomic mass is 32.1. The molecule has 3 heterocycles. The van der Waals surface area contributed by atoms with Gasteiger partial charge in [-0.15, -0.1) is 21.5 Å². The Kier molecular flexibility index (Phi) is 9.56. The molecule has 42 heavy (non-hydrogen) atoms. The number of ether oxygens (including phenoxy) is 2. The van der Waals surface area contributed by atoms with Gasteiger partial charge in [0.25, 0.3) is 0 Å². The summed E-state index contributed by atoms with van der Waals surface area (Å²) in [6.45, 7) is 12.4. The molecule has 0 amide bonds. The first-order valence-electron chi connectivity index (χ1n) is 14.6. The Morgan fingerprint density at radius 1 is 1.17 bits per heavy atom. The molecule has 1 fully saturated rings. The number of aryl methyl sites for hydroxylation is 1. The molecular formula is C30H40N6O3S2Si. The second-order valence-corrected chi connectivity index (χ2v) is 19.6. The molecule has 0 aliphatic heterocycles. The number of hydrogen-bond acceptors (Lipinski definition) is 10. The smallest absolute Gasteiger partial charge is 0.358 e. The molecule has 0 spiro atoms. The Hall–Kier alpha value is -2.93. The zero-order chi connectivity index (χ0) is 29.9. The second-order valence-electron chi connectivity index (χ2n) is 11.9. The van der Waals surface area contributed by atoms with Crippen LogP contribution < -0.4 is 9.70 Å². The van der Waals surface area contributed by atoms with Gasteiger partial charge in [0, 0.05) is 26.6 Å². The Labute approximate surface area is 256 Å². The van der Waals surface area contributed by atoms with Gasteiger partial charge in [0.15, 0.2) is 27.3 Å². The van der Waals surface area contributed by atoms with E-state index in [0.717, 1.165) is 51.0 Å². The molecule has 5 rings (SSSR count). The van der Waals surface area contributed by atoms with E-state index in [1.165, 1.54) is 12.8 Å². The van der Waals surface area contributed by atoms with E-state index in [2.05, 4.69) is 46.5 Å². The van der Waals surface area contributed by atoms with Crippen LogP contribution in [0.4, 0.5) is 16.8 Å². The number of rotatable bonds is 11. The summed E-state index contributed by atoms with van der Waals surface area (Å²) in [7, 11) is 0.730. The predicted octanol–water partition coefficient (Wildman–Crippen LogP) is 7.40. The van der Waals surface area contributed by atoms with E-state index < -0.39 is 8.07 Å². The summed E-state index contributed by atoms with van der Waals surface area (Å²) in [5.41, 5.74) is 2.43. The summed E-state index contributed by atoms with van der Waals surface area (Å²) in [6, 6.07) is 11.4. The summed E-state index contributed by atoms with van der Waals surface area (Å²) < 4.78 is 14.7. The Morgan fingerprint density at radius 3 is 2.64 bits per heavy atom. The van der Waals surface area contributed by atoms with Crippen molar-refractivity contribution in [3.8, 4) is 0 Å². The van der Waals surface area contributed by atoms with E-state index in [0.29, 0.717) is 41.7 Å². The molecule has 12 heteroatoms. The molecule has 1 aromatic carbocycles. The molecule has 0 saturated heterocycles. The van der Waals surface area contributed by atoms with Crippen LogP contribution in [0.15, 0.2) is 35.3 Å². The summed E-state index contributed by atoms with van der Waals surface area (Å²) in [6.07, 6.45) is 4.51. The minimum Gasteiger partial charge on any atom is -0.461 e. The Balaban J connectivity index is 1.42. The first-order valence-corrected chi connectivity index (χ1v) is 20.0. The van der Waals surface area contributed by atoms with Crippen LogP contribution in [0.2, 0.25) is 25.7 Å². The predicted molar refractivity (Wildman–Crippen MR) is 173 cm³/mol. The summed E-state index contributed by atoms with van der Waals surface area (Å²) in [5, 5.41) is 9.74. The topological polar surface area (TPSA) is 94.7 Å². The van der Waals surface area contributed by atoms with E-state index >= 15 is 0 Å². The largest absolute Gasteiger partial charge is 0.461 e. The fourth-order valence-corrected chi connectivity index (χ4v) is 7.94. The number of carbonyl (C=O) groups is 1. The quantitative estimate of drug-likeness (QED) is 0.0975. The van der Waals surface area contributed by atoms with Crippen LogP contribution >= 0.6 is 22.7 Å². The zero-order valence-corrected chi connectivity index (χ0v) is 28.0. The molecule has 1 aliphatic carbocycles. The van der Waals surface area contributed by atoms with E-state index in [1.807, 2.05) is 44.0 Å². The Bertz CT molecular complexity index is 1620. The standard InChI is InChI=1S/C30H40N6O3S2Si/c1-7-39-28(37)25-26(21-12-8-9-13-21)41-29(31-25)35(3)24-18-20(2)27(34-33-24)32-30-36(19-38-16-17-42(4,5)6)22-14-10-11-15-23(22)40-30/h10-11,14-15,18,21H,7-9,12-13,16-17,19H2,1-6H3/b32-30-. The minimum atomic E-state index is -1.18. The number of nitrogens with zero attached hydrogens (tertiary/aromatic N) is 6.